The molecule has 0 saturated heterocycles. The molecule has 1 unspecified atom stereocenters. The maximum atomic E-state index is 4.58. The summed E-state index contributed by atoms with van der Waals surface area (Å²) in [4.78, 5) is 5.22. The molecule has 1 aliphatic heterocycles. The van der Waals surface area contributed by atoms with E-state index in [0.717, 1.165) is 25.7 Å². The van der Waals surface area contributed by atoms with E-state index in [0.29, 0.717) is 6.04 Å². The first-order valence-corrected chi connectivity index (χ1v) is 8.30. The summed E-state index contributed by atoms with van der Waals surface area (Å²) >= 11 is 0. The Bertz CT molecular complexity index is 420. The van der Waals surface area contributed by atoms with Crippen molar-refractivity contribution in [2.24, 2.45) is 0 Å². The summed E-state index contributed by atoms with van der Waals surface area (Å²) in [7, 11) is 0. The molecule has 2 aliphatic rings. The second-order valence-corrected chi connectivity index (χ2v) is 6.25. The van der Waals surface area contributed by atoms with Crippen LogP contribution in [0, 0.1) is 0 Å². The highest BCUT2D eigenvalue weighted by molar-refractivity contribution is 5.06. The van der Waals surface area contributed by atoms with Crippen LogP contribution in [0.4, 0.5) is 0 Å². The largest absolute Gasteiger partial charge is 0.304 e. The molecule has 112 valence electrons. The van der Waals surface area contributed by atoms with Crippen molar-refractivity contribution < 1.29 is 0 Å². The van der Waals surface area contributed by atoms with Gasteiger partial charge in [0.25, 0.3) is 0 Å². The molecular weight excluding hydrogens is 248 g/mol. The lowest BCUT2D eigenvalue weighted by Gasteiger charge is -2.43. The monoisotopic (exact) mass is 276 g/mol. The first-order chi connectivity index (χ1) is 9.81. The molecule has 1 saturated carbocycles. The van der Waals surface area contributed by atoms with Gasteiger partial charge in [-0.25, -0.2) is 0 Å². The van der Waals surface area contributed by atoms with Crippen molar-refractivity contribution in [3.8, 4) is 0 Å². The highest BCUT2D eigenvalue weighted by atomic mass is 15.4. The zero-order valence-corrected chi connectivity index (χ0v) is 13.0. The quantitative estimate of drug-likeness (QED) is 0.798. The number of rotatable bonds is 6. The lowest BCUT2D eigenvalue weighted by Crippen LogP contribution is -2.47. The van der Waals surface area contributed by atoms with E-state index in [4.69, 9.17) is 0 Å². The van der Waals surface area contributed by atoms with E-state index >= 15 is 0 Å². The molecule has 20 heavy (non-hydrogen) atoms. The van der Waals surface area contributed by atoms with Crippen LogP contribution in [0.2, 0.25) is 0 Å². The Labute approximate surface area is 122 Å². The summed E-state index contributed by atoms with van der Waals surface area (Å²) in [6.45, 7) is 10.3. The van der Waals surface area contributed by atoms with Gasteiger partial charge in [-0.3, -0.25) is 9.58 Å². The van der Waals surface area contributed by atoms with Crippen molar-refractivity contribution in [2.75, 3.05) is 26.2 Å². The molecule has 0 N–H and O–H groups in total. The molecule has 0 aromatic carbocycles. The SMILES string of the molecule is CCN(CC)CCC1CN(C2CCC2)Cc2ccnn21. The minimum Gasteiger partial charge on any atom is -0.304 e. The standard InChI is InChI=1S/C16H28N4/c1-3-18(4-2)11-9-16-13-19(14-6-5-7-14)12-15-8-10-17-20(15)16/h8,10,14,16H,3-7,9,11-13H2,1-2H3. The van der Waals surface area contributed by atoms with Gasteiger partial charge in [0, 0.05) is 31.9 Å². The van der Waals surface area contributed by atoms with Crippen LogP contribution in [-0.2, 0) is 6.54 Å². The fraction of sp³-hybridized carbons (Fsp3) is 0.812. The van der Waals surface area contributed by atoms with Gasteiger partial charge >= 0.3 is 0 Å². The molecule has 1 aromatic rings. The first kappa shape index (κ1) is 14.1. The van der Waals surface area contributed by atoms with Gasteiger partial charge in [0.2, 0.25) is 0 Å². The fourth-order valence-electron chi connectivity index (χ4n) is 3.53. The third kappa shape index (κ3) is 2.77. The molecule has 4 heteroatoms. The van der Waals surface area contributed by atoms with Crippen LogP contribution in [0.3, 0.4) is 0 Å². The maximum Gasteiger partial charge on any atom is 0.0662 e. The van der Waals surface area contributed by atoms with Gasteiger partial charge in [-0.15, -0.1) is 0 Å². The van der Waals surface area contributed by atoms with Crippen molar-refractivity contribution >= 4 is 0 Å². The minimum absolute atomic E-state index is 0.565. The highest BCUT2D eigenvalue weighted by Crippen LogP contribution is 2.31. The Kier molecular flexibility index (Phi) is 4.41. The second kappa shape index (κ2) is 6.27. The number of hydrogen-bond donors (Lipinski definition) is 0. The van der Waals surface area contributed by atoms with Gasteiger partial charge in [-0.1, -0.05) is 20.3 Å². The van der Waals surface area contributed by atoms with Crippen molar-refractivity contribution in [1.29, 1.82) is 0 Å². The van der Waals surface area contributed by atoms with Gasteiger partial charge < -0.3 is 4.90 Å². The van der Waals surface area contributed by atoms with Crippen LogP contribution >= 0.6 is 0 Å². The Balaban J connectivity index is 1.66. The van der Waals surface area contributed by atoms with Gasteiger partial charge in [-0.05, 0) is 38.4 Å². The fourth-order valence-corrected chi connectivity index (χ4v) is 3.53. The molecule has 1 aromatic heterocycles. The normalized spacial score (nSPS) is 23.9. The summed E-state index contributed by atoms with van der Waals surface area (Å²) in [5.74, 6) is 0. The van der Waals surface area contributed by atoms with E-state index in [9.17, 15) is 0 Å². The zero-order valence-electron chi connectivity index (χ0n) is 13.0. The van der Waals surface area contributed by atoms with E-state index < -0.39 is 0 Å². The van der Waals surface area contributed by atoms with Crippen LogP contribution in [-0.4, -0.2) is 51.8 Å². The molecular formula is C16H28N4. The summed E-state index contributed by atoms with van der Waals surface area (Å²) in [5, 5.41) is 4.58. The maximum absolute atomic E-state index is 4.58. The van der Waals surface area contributed by atoms with E-state index in [1.54, 1.807) is 0 Å². The Morgan fingerprint density at radius 2 is 2.10 bits per heavy atom. The van der Waals surface area contributed by atoms with Crippen LogP contribution in [0.25, 0.3) is 0 Å². The van der Waals surface area contributed by atoms with Gasteiger partial charge in [0.15, 0.2) is 0 Å². The van der Waals surface area contributed by atoms with Gasteiger partial charge in [-0.2, -0.15) is 5.10 Å². The van der Waals surface area contributed by atoms with Crippen LogP contribution < -0.4 is 0 Å². The van der Waals surface area contributed by atoms with E-state index in [1.165, 1.54) is 44.5 Å². The van der Waals surface area contributed by atoms with Gasteiger partial charge in [0.1, 0.15) is 0 Å². The average molecular weight is 276 g/mol. The molecule has 1 atom stereocenters. The predicted octanol–water partition coefficient (Wildman–Crippen LogP) is 2.52. The lowest BCUT2D eigenvalue weighted by molar-refractivity contribution is 0.0698. The number of fused-ring (bicyclic) bond motifs is 1. The molecule has 1 aliphatic carbocycles. The molecule has 0 spiro atoms. The number of aromatic nitrogens is 2. The predicted molar refractivity (Wildman–Crippen MR) is 81.7 cm³/mol. The van der Waals surface area contributed by atoms with Crippen molar-refractivity contribution in [3.63, 3.8) is 0 Å². The summed E-state index contributed by atoms with van der Waals surface area (Å²) in [5.41, 5.74) is 1.41. The van der Waals surface area contributed by atoms with Crippen LogP contribution in [0.1, 0.15) is 51.3 Å². The second-order valence-electron chi connectivity index (χ2n) is 6.25. The summed E-state index contributed by atoms with van der Waals surface area (Å²) < 4.78 is 2.29. The average Bonchev–Trinajstić information content (AvgIpc) is 2.86. The van der Waals surface area contributed by atoms with E-state index in [2.05, 4.69) is 39.5 Å². The van der Waals surface area contributed by atoms with Gasteiger partial charge in [0.05, 0.1) is 11.7 Å². The Morgan fingerprint density at radius 1 is 1.30 bits per heavy atom. The van der Waals surface area contributed by atoms with Crippen LogP contribution in [0.15, 0.2) is 12.3 Å². The van der Waals surface area contributed by atoms with Crippen molar-refractivity contribution in [1.82, 2.24) is 19.6 Å². The summed E-state index contributed by atoms with van der Waals surface area (Å²) in [6, 6.07) is 3.61. The molecule has 2 heterocycles. The zero-order chi connectivity index (χ0) is 13.9. The highest BCUT2D eigenvalue weighted by Gasteiger charge is 2.32. The Hall–Kier alpha value is -0.870. The third-order valence-corrected chi connectivity index (χ3v) is 5.17. The van der Waals surface area contributed by atoms with Crippen molar-refractivity contribution in [2.45, 2.75) is 58.2 Å². The number of nitrogens with zero attached hydrogens (tertiary/aromatic N) is 4. The van der Waals surface area contributed by atoms with E-state index in [1.807, 2.05) is 6.20 Å². The number of hydrogen-bond acceptors (Lipinski definition) is 3. The minimum atomic E-state index is 0.565. The molecule has 1 fully saturated rings. The first-order valence-electron chi connectivity index (χ1n) is 8.30. The lowest BCUT2D eigenvalue weighted by atomic mass is 9.90. The molecule has 3 rings (SSSR count). The Morgan fingerprint density at radius 3 is 2.75 bits per heavy atom. The van der Waals surface area contributed by atoms with Crippen molar-refractivity contribution in [3.05, 3.63) is 18.0 Å². The molecule has 0 radical (unpaired) electrons. The summed E-state index contributed by atoms with van der Waals surface area (Å²) in [6.07, 6.45) is 7.42. The third-order valence-electron chi connectivity index (χ3n) is 5.17. The molecule has 4 nitrogen and oxygen atoms in total. The molecule has 0 bridgehead atoms. The molecule has 0 amide bonds. The smallest absolute Gasteiger partial charge is 0.0662 e. The van der Waals surface area contributed by atoms with E-state index in [-0.39, 0.29) is 0 Å². The topological polar surface area (TPSA) is 24.3 Å². The van der Waals surface area contributed by atoms with Crippen LogP contribution in [0.5, 0.6) is 0 Å².